The Kier molecular flexibility index (Phi) is 3.35. The fraction of sp³-hybridized carbons (Fsp3) is 0.250. The van der Waals surface area contributed by atoms with Gasteiger partial charge in [-0.25, -0.2) is 13.2 Å². The summed E-state index contributed by atoms with van der Waals surface area (Å²) in [4.78, 5) is 0. The van der Waals surface area contributed by atoms with Crippen LogP contribution in [0.2, 0.25) is 0 Å². The molecule has 0 amide bonds. The van der Waals surface area contributed by atoms with Gasteiger partial charge in [0.15, 0.2) is 17.5 Å². The van der Waals surface area contributed by atoms with Crippen molar-refractivity contribution in [2.45, 2.75) is 6.61 Å². The lowest BCUT2D eigenvalue weighted by atomic mass is 10.2. The van der Waals surface area contributed by atoms with E-state index in [2.05, 4.69) is 4.18 Å². The summed E-state index contributed by atoms with van der Waals surface area (Å²) in [6.07, 6.45) is 0.795. The highest BCUT2D eigenvalue weighted by molar-refractivity contribution is 7.85. The number of halogens is 3. The zero-order valence-corrected chi connectivity index (χ0v) is 8.45. The summed E-state index contributed by atoms with van der Waals surface area (Å²) in [6.45, 7) is -0.535. The van der Waals surface area contributed by atoms with E-state index in [9.17, 15) is 21.6 Å². The summed E-state index contributed by atoms with van der Waals surface area (Å²) >= 11 is 0. The van der Waals surface area contributed by atoms with Gasteiger partial charge >= 0.3 is 0 Å². The van der Waals surface area contributed by atoms with Crippen molar-refractivity contribution in [3.8, 4) is 0 Å². The first-order chi connectivity index (χ1) is 6.79. The summed E-state index contributed by atoms with van der Waals surface area (Å²) in [5, 5.41) is 0. The van der Waals surface area contributed by atoms with Crippen LogP contribution in [0.4, 0.5) is 13.2 Å². The van der Waals surface area contributed by atoms with E-state index in [0.29, 0.717) is 12.1 Å². The molecule has 0 aromatic heterocycles. The van der Waals surface area contributed by atoms with Crippen molar-refractivity contribution in [2.75, 3.05) is 6.26 Å². The van der Waals surface area contributed by atoms with Gasteiger partial charge in [-0.1, -0.05) is 0 Å². The van der Waals surface area contributed by atoms with Gasteiger partial charge in [0.25, 0.3) is 10.1 Å². The first kappa shape index (κ1) is 12.0. The molecular formula is C8H7F3O3S. The Labute approximate surface area is 84.6 Å². The van der Waals surface area contributed by atoms with Gasteiger partial charge in [-0.2, -0.15) is 8.42 Å². The van der Waals surface area contributed by atoms with Crippen molar-refractivity contribution in [3.05, 3.63) is 35.1 Å². The van der Waals surface area contributed by atoms with Crippen LogP contribution in [0.15, 0.2) is 12.1 Å². The lowest BCUT2D eigenvalue weighted by Gasteiger charge is -2.03. The molecule has 0 aliphatic rings. The molecule has 1 aromatic rings. The molecule has 3 nitrogen and oxygen atoms in total. The largest absolute Gasteiger partial charge is 0.265 e. The second-order valence-corrected chi connectivity index (χ2v) is 4.48. The average Bonchev–Trinajstić information content (AvgIpc) is 2.09. The first-order valence-corrected chi connectivity index (χ1v) is 5.59. The lowest BCUT2D eigenvalue weighted by Crippen LogP contribution is -2.04. The molecular weight excluding hydrogens is 233 g/mol. The number of hydrogen-bond donors (Lipinski definition) is 0. The molecule has 1 aromatic carbocycles. The highest BCUT2D eigenvalue weighted by atomic mass is 32.2. The van der Waals surface area contributed by atoms with Crippen LogP contribution in [0.5, 0.6) is 0 Å². The summed E-state index contributed by atoms with van der Waals surface area (Å²) in [6, 6.07) is 1.34. The molecule has 0 unspecified atom stereocenters. The fourth-order valence-corrected chi connectivity index (χ4v) is 1.22. The highest BCUT2D eigenvalue weighted by Crippen LogP contribution is 2.14. The molecule has 0 radical (unpaired) electrons. The third kappa shape index (κ3) is 3.52. The van der Waals surface area contributed by atoms with Crippen molar-refractivity contribution in [1.82, 2.24) is 0 Å². The summed E-state index contributed by atoms with van der Waals surface area (Å²) < 4.78 is 63.2. The maximum atomic E-state index is 12.6. The fourth-order valence-electron chi connectivity index (χ4n) is 0.866. The number of rotatable bonds is 3. The van der Waals surface area contributed by atoms with Crippen LogP contribution in [0.3, 0.4) is 0 Å². The average molecular weight is 240 g/mol. The number of hydrogen-bond acceptors (Lipinski definition) is 3. The smallest absolute Gasteiger partial charge is 0.264 e. The topological polar surface area (TPSA) is 43.4 Å². The van der Waals surface area contributed by atoms with E-state index in [4.69, 9.17) is 0 Å². The molecule has 0 heterocycles. The normalized spacial score (nSPS) is 11.7. The summed E-state index contributed by atoms with van der Waals surface area (Å²) in [5.41, 5.74) is -0.100. The third-order valence-corrected chi connectivity index (χ3v) is 2.03. The highest BCUT2D eigenvalue weighted by Gasteiger charge is 2.11. The van der Waals surface area contributed by atoms with E-state index in [1.54, 1.807) is 0 Å². The molecule has 84 valence electrons. The summed E-state index contributed by atoms with van der Waals surface area (Å²) in [7, 11) is -3.70. The molecule has 1 rings (SSSR count). The second-order valence-electron chi connectivity index (χ2n) is 2.84. The zero-order valence-electron chi connectivity index (χ0n) is 7.63. The summed E-state index contributed by atoms with van der Waals surface area (Å²) in [5.74, 6) is -4.37. The van der Waals surface area contributed by atoms with E-state index in [1.165, 1.54) is 0 Å². The molecule has 0 bridgehead atoms. The van der Waals surface area contributed by atoms with E-state index in [0.717, 1.165) is 6.26 Å². The Morgan fingerprint density at radius 2 is 1.67 bits per heavy atom. The van der Waals surface area contributed by atoms with Crippen LogP contribution in [-0.4, -0.2) is 14.7 Å². The predicted octanol–water partition coefficient (Wildman–Crippen LogP) is 1.58. The molecule has 0 N–H and O–H groups in total. The van der Waals surface area contributed by atoms with E-state index >= 15 is 0 Å². The van der Waals surface area contributed by atoms with Gasteiger partial charge in [-0.15, -0.1) is 0 Å². The Hall–Kier alpha value is -1.08. The van der Waals surface area contributed by atoms with Crippen molar-refractivity contribution >= 4 is 10.1 Å². The zero-order chi connectivity index (χ0) is 11.6. The standard InChI is InChI=1S/C8H7F3O3S/c1-15(12,13)14-4-5-2-6(9)8(11)7(10)3-5/h2-3H,4H2,1H3. The van der Waals surface area contributed by atoms with Gasteiger partial charge in [0.1, 0.15) is 0 Å². The van der Waals surface area contributed by atoms with Crippen LogP contribution in [0.25, 0.3) is 0 Å². The first-order valence-electron chi connectivity index (χ1n) is 3.77. The van der Waals surface area contributed by atoms with E-state index < -0.39 is 34.2 Å². The molecule has 0 saturated heterocycles. The Morgan fingerprint density at radius 1 is 1.20 bits per heavy atom. The second kappa shape index (κ2) is 4.19. The van der Waals surface area contributed by atoms with Gasteiger partial charge < -0.3 is 0 Å². The van der Waals surface area contributed by atoms with E-state index in [-0.39, 0.29) is 5.56 Å². The maximum Gasteiger partial charge on any atom is 0.264 e. The third-order valence-electron chi connectivity index (χ3n) is 1.48. The molecule has 0 fully saturated rings. The molecule has 0 aliphatic heterocycles. The van der Waals surface area contributed by atoms with Crippen LogP contribution >= 0.6 is 0 Å². The molecule has 0 aliphatic carbocycles. The Morgan fingerprint density at radius 3 is 2.07 bits per heavy atom. The van der Waals surface area contributed by atoms with Crippen LogP contribution in [0, 0.1) is 17.5 Å². The van der Waals surface area contributed by atoms with Crippen LogP contribution in [-0.2, 0) is 20.9 Å². The molecule has 7 heteroatoms. The van der Waals surface area contributed by atoms with Gasteiger partial charge in [-0.3, -0.25) is 4.18 Å². The van der Waals surface area contributed by atoms with Crippen molar-refractivity contribution < 1.29 is 25.8 Å². The molecule has 0 saturated carbocycles. The Bertz CT molecular complexity index is 447. The van der Waals surface area contributed by atoms with Crippen LogP contribution < -0.4 is 0 Å². The Balaban J connectivity index is 2.89. The molecule has 0 spiro atoms. The lowest BCUT2D eigenvalue weighted by molar-refractivity contribution is 0.309. The minimum absolute atomic E-state index is 0.100. The minimum Gasteiger partial charge on any atom is -0.265 e. The van der Waals surface area contributed by atoms with Crippen molar-refractivity contribution in [3.63, 3.8) is 0 Å². The van der Waals surface area contributed by atoms with Crippen LogP contribution in [0.1, 0.15) is 5.56 Å². The number of benzene rings is 1. The maximum absolute atomic E-state index is 12.6. The monoisotopic (exact) mass is 240 g/mol. The van der Waals surface area contributed by atoms with Gasteiger partial charge in [0, 0.05) is 0 Å². The quantitative estimate of drug-likeness (QED) is 0.595. The minimum atomic E-state index is -3.70. The van der Waals surface area contributed by atoms with Gasteiger partial charge in [-0.05, 0) is 17.7 Å². The van der Waals surface area contributed by atoms with Crippen molar-refractivity contribution in [1.29, 1.82) is 0 Å². The molecule has 15 heavy (non-hydrogen) atoms. The van der Waals surface area contributed by atoms with Crippen molar-refractivity contribution in [2.24, 2.45) is 0 Å². The molecule has 0 atom stereocenters. The predicted molar refractivity (Wildman–Crippen MR) is 45.9 cm³/mol. The van der Waals surface area contributed by atoms with Gasteiger partial charge in [0.05, 0.1) is 12.9 Å². The van der Waals surface area contributed by atoms with Gasteiger partial charge in [0.2, 0.25) is 0 Å². The van der Waals surface area contributed by atoms with E-state index in [1.807, 2.05) is 0 Å². The SMILES string of the molecule is CS(=O)(=O)OCc1cc(F)c(F)c(F)c1.